The van der Waals surface area contributed by atoms with Crippen molar-refractivity contribution in [2.24, 2.45) is 4.99 Å². The molecule has 0 radical (unpaired) electrons. The van der Waals surface area contributed by atoms with E-state index in [9.17, 15) is 0 Å². The molecule has 4 nitrogen and oxygen atoms in total. The van der Waals surface area contributed by atoms with Crippen molar-refractivity contribution in [3.05, 3.63) is 59.7 Å². The first-order chi connectivity index (χ1) is 12.2. The van der Waals surface area contributed by atoms with E-state index in [4.69, 9.17) is 14.5 Å². The number of hydrogen-bond acceptors (Lipinski definition) is 3. The molecule has 1 fully saturated rings. The number of nitrogens with zero attached hydrogens (tertiary/aromatic N) is 2. The zero-order valence-electron chi connectivity index (χ0n) is 15.2. The van der Waals surface area contributed by atoms with Crippen molar-refractivity contribution < 1.29 is 9.47 Å². The molecule has 0 spiro atoms. The molecule has 1 heterocycles. The summed E-state index contributed by atoms with van der Waals surface area (Å²) in [5, 5.41) is 0. The van der Waals surface area contributed by atoms with Crippen LogP contribution in [0, 0.1) is 0 Å². The fourth-order valence-corrected chi connectivity index (χ4v) is 3.47. The van der Waals surface area contributed by atoms with E-state index in [1.807, 2.05) is 12.1 Å². The molecule has 3 rings (SSSR count). The smallest absolute Gasteiger partial charge is 0.163 e. The normalized spacial score (nSPS) is 18.6. The van der Waals surface area contributed by atoms with Gasteiger partial charge < -0.3 is 14.4 Å². The molecule has 0 N–H and O–H groups in total. The predicted octanol–water partition coefficient (Wildman–Crippen LogP) is 3.76. The second kappa shape index (κ2) is 8.06. The van der Waals surface area contributed by atoms with Gasteiger partial charge in [0.1, 0.15) is 0 Å². The van der Waals surface area contributed by atoms with Gasteiger partial charge >= 0.3 is 0 Å². The second-order valence-electron chi connectivity index (χ2n) is 6.39. The van der Waals surface area contributed by atoms with Crippen LogP contribution >= 0.6 is 0 Å². The minimum Gasteiger partial charge on any atom is -0.493 e. The van der Waals surface area contributed by atoms with Gasteiger partial charge in [0.25, 0.3) is 0 Å². The summed E-state index contributed by atoms with van der Waals surface area (Å²) >= 11 is 0. The van der Waals surface area contributed by atoms with Gasteiger partial charge in [0.15, 0.2) is 11.5 Å². The van der Waals surface area contributed by atoms with Crippen molar-refractivity contribution >= 4 is 5.84 Å². The standard InChI is InChI=1S/C21H26N2O2/c1-23-15-18(16-8-5-4-6-9-16)14-20(23)22-13-12-17-10-7-11-19(24-2)21(17)25-3/h4-11,18H,12-15H2,1-3H3. The molecule has 1 aliphatic rings. The van der Waals surface area contributed by atoms with Gasteiger partial charge in [-0.25, -0.2) is 0 Å². The molecule has 0 bridgehead atoms. The molecule has 2 aromatic rings. The molecule has 4 heteroatoms. The Bertz CT molecular complexity index is 728. The molecule has 0 amide bonds. The van der Waals surface area contributed by atoms with Crippen molar-refractivity contribution in [3.63, 3.8) is 0 Å². The van der Waals surface area contributed by atoms with Gasteiger partial charge in [-0.1, -0.05) is 42.5 Å². The van der Waals surface area contributed by atoms with E-state index < -0.39 is 0 Å². The molecule has 0 saturated carbocycles. The number of hydrogen-bond donors (Lipinski definition) is 0. The Labute approximate surface area is 150 Å². The third kappa shape index (κ3) is 3.95. The van der Waals surface area contributed by atoms with E-state index in [-0.39, 0.29) is 0 Å². The van der Waals surface area contributed by atoms with Crippen LogP contribution in [0.4, 0.5) is 0 Å². The molecule has 25 heavy (non-hydrogen) atoms. The number of amidine groups is 1. The lowest BCUT2D eigenvalue weighted by atomic mass is 9.98. The maximum atomic E-state index is 5.50. The Balaban J connectivity index is 1.65. The molecule has 1 saturated heterocycles. The van der Waals surface area contributed by atoms with E-state index in [1.165, 1.54) is 11.4 Å². The average molecular weight is 338 g/mol. The first-order valence-corrected chi connectivity index (χ1v) is 8.72. The van der Waals surface area contributed by atoms with Gasteiger partial charge in [0.05, 0.1) is 20.1 Å². The maximum absolute atomic E-state index is 5.50. The summed E-state index contributed by atoms with van der Waals surface area (Å²) in [5.74, 6) is 3.31. The highest BCUT2D eigenvalue weighted by molar-refractivity contribution is 5.85. The molecule has 0 aromatic heterocycles. The Morgan fingerprint density at radius 1 is 1.04 bits per heavy atom. The van der Waals surface area contributed by atoms with E-state index in [2.05, 4.69) is 48.3 Å². The van der Waals surface area contributed by atoms with E-state index >= 15 is 0 Å². The average Bonchev–Trinajstić information content (AvgIpc) is 3.03. The highest BCUT2D eigenvalue weighted by atomic mass is 16.5. The third-order valence-corrected chi connectivity index (χ3v) is 4.79. The van der Waals surface area contributed by atoms with Crippen LogP contribution in [0.5, 0.6) is 11.5 Å². The van der Waals surface area contributed by atoms with Crippen molar-refractivity contribution in [3.8, 4) is 11.5 Å². The van der Waals surface area contributed by atoms with Crippen LogP contribution < -0.4 is 9.47 Å². The number of para-hydroxylation sites is 1. The number of benzene rings is 2. The minimum atomic E-state index is 0.538. The topological polar surface area (TPSA) is 34.1 Å². The molecular formula is C21H26N2O2. The van der Waals surface area contributed by atoms with Crippen LogP contribution in [0.15, 0.2) is 53.5 Å². The lowest BCUT2D eigenvalue weighted by molar-refractivity contribution is 0.352. The van der Waals surface area contributed by atoms with E-state index in [1.54, 1.807) is 14.2 Å². The zero-order valence-corrected chi connectivity index (χ0v) is 15.2. The van der Waals surface area contributed by atoms with Crippen LogP contribution in [-0.2, 0) is 6.42 Å². The Hall–Kier alpha value is -2.49. The van der Waals surface area contributed by atoms with Gasteiger partial charge in [-0.15, -0.1) is 0 Å². The first-order valence-electron chi connectivity index (χ1n) is 8.72. The lowest BCUT2D eigenvalue weighted by Gasteiger charge is -2.13. The number of likely N-dealkylation sites (N-methyl/N-ethyl adjacent to an activating group) is 1. The highest BCUT2D eigenvalue weighted by Crippen LogP contribution is 2.31. The highest BCUT2D eigenvalue weighted by Gasteiger charge is 2.26. The van der Waals surface area contributed by atoms with E-state index in [0.717, 1.165) is 43.0 Å². The molecule has 1 aliphatic heterocycles. The lowest BCUT2D eigenvalue weighted by Crippen LogP contribution is -2.20. The monoisotopic (exact) mass is 338 g/mol. The van der Waals surface area contributed by atoms with Gasteiger partial charge in [-0.05, 0) is 23.6 Å². The van der Waals surface area contributed by atoms with Crippen molar-refractivity contribution in [2.75, 3.05) is 34.4 Å². The third-order valence-electron chi connectivity index (χ3n) is 4.79. The largest absolute Gasteiger partial charge is 0.493 e. The van der Waals surface area contributed by atoms with Crippen LogP contribution in [0.3, 0.4) is 0 Å². The summed E-state index contributed by atoms with van der Waals surface area (Å²) in [7, 11) is 5.48. The first kappa shape index (κ1) is 17.3. The SMILES string of the molecule is COc1cccc(CCN=C2CC(c3ccccc3)CN2C)c1OC. The Morgan fingerprint density at radius 2 is 1.84 bits per heavy atom. The summed E-state index contributed by atoms with van der Waals surface area (Å²) in [6.07, 6.45) is 1.85. The van der Waals surface area contributed by atoms with Crippen LogP contribution in [-0.4, -0.2) is 45.1 Å². The number of methoxy groups -OCH3 is 2. The van der Waals surface area contributed by atoms with Gasteiger partial charge in [0, 0.05) is 32.5 Å². The minimum absolute atomic E-state index is 0.538. The van der Waals surface area contributed by atoms with Gasteiger partial charge in [0.2, 0.25) is 0 Å². The van der Waals surface area contributed by atoms with Crippen LogP contribution in [0.2, 0.25) is 0 Å². The van der Waals surface area contributed by atoms with Crippen LogP contribution in [0.1, 0.15) is 23.5 Å². The summed E-state index contributed by atoms with van der Waals surface area (Å²) < 4.78 is 10.9. The molecule has 0 aliphatic carbocycles. The Kier molecular flexibility index (Phi) is 5.59. The summed E-state index contributed by atoms with van der Waals surface area (Å²) in [6, 6.07) is 16.7. The molecule has 2 aromatic carbocycles. The van der Waals surface area contributed by atoms with Gasteiger partial charge in [-0.2, -0.15) is 0 Å². The van der Waals surface area contributed by atoms with Gasteiger partial charge in [-0.3, -0.25) is 4.99 Å². The number of aliphatic imine (C=N–C) groups is 1. The predicted molar refractivity (Wildman–Crippen MR) is 102 cm³/mol. The van der Waals surface area contributed by atoms with Crippen molar-refractivity contribution in [1.82, 2.24) is 4.90 Å². The summed E-state index contributed by atoms with van der Waals surface area (Å²) in [5.41, 5.74) is 2.53. The summed E-state index contributed by atoms with van der Waals surface area (Å²) in [6.45, 7) is 1.79. The molecule has 132 valence electrons. The quantitative estimate of drug-likeness (QED) is 0.804. The second-order valence-corrected chi connectivity index (χ2v) is 6.39. The zero-order chi connectivity index (χ0) is 17.6. The number of ether oxygens (including phenoxy) is 2. The fourth-order valence-electron chi connectivity index (χ4n) is 3.47. The molecule has 1 unspecified atom stereocenters. The number of rotatable bonds is 6. The van der Waals surface area contributed by atoms with Crippen molar-refractivity contribution in [1.29, 1.82) is 0 Å². The van der Waals surface area contributed by atoms with Crippen molar-refractivity contribution in [2.45, 2.75) is 18.8 Å². The van der Waals surface area contributed by atoms with Crippen LogP contribution in [0.25, 0.3) is 0 Å². The summed E-state index contributed by atoms with van der Waals surface area (Å²) in [4.78, 5) is 7.13. The van der Waals surface area contributed by atoms with E-state index in [0.29, 0.717) is 5.92 Å². The maximum Gasteiger partial charge on any atom is 0.163 e. The number of likely N-dealkylation sites (tertiary alicyclic amines) is 1. The molecule has 1 atom stereocenters. The molecular weight excluding hydrogens is 312 g/mol. The Morgan fingerprint density at radius 3 is 2.56 bits per heavy atom. The fraction of sp³-hybridized carbons (Fsp3) is 0.381.